The van der Waals surface area contributed by atoms with Crippen molar-refractivity contribution in [2.45, 2.75) is 18.7 Å². The van der Waals surface area contributed by atoms with Crippen LogP contribution in [0.2, 0.25) is 0 Å². The Bertz CT molecular complexity index is 860. The molecule has 1 aromatic carbocycles. The van der Waals surface area contributed by atoms with E-state index in [1.807, 2.05) is 0 Å². The number of hydrogen-bond acceptors (Lipinski definition) is 6. The Balaban J connectivity index is 2.01. The fourth-order valence-corrected chi connectivity index (χ4v) is 3.36. The third-order valence-corrected chi connectivity index (χ3v) is 4.44. The number of fused-ring (bicyclic) bond motifs is 1. The van der Waals surface area contributed by atoms with E-state index in [-0.39, 0.29) is 10.7 Å². The van der Waals surface area contributed by atoms with Gasteiger partial charge >= 0.3 is 0 Å². The van der Waals surface area contributed by atoms with Gasteiger partial charge in [0.15, 0.2) is 22.6 Å². The highest BCUT2D eigenvalue weighted by Crippen LogP contribution is 2.24. The summed E-state index contributed by atoms with van der Waals surface area (Å²) in [5.41, 5.74) is 1.86. The molecule has 2 aromatic heterocycles. The lowest BCUT2D eigenvalue weighted by Gasteiger charge is -2.07. The average molecular weight is 293 g/mol. The summed E-state index contributed by atoms with van der Waals surface area (Å²) < 4.78 is 37.1. The molecule has 0 atom stereocenters. The van der Waals surface area contributed by atoms with Gasteiger partial charge in [-0.1, -0.05) is 5.16 Å². The third-order valence-electron chi connectivity index (χ3n) is 2.82. The number of oxazole rings is 1. The largest absolute Gasteiger partial charge is 0.443 e. The number of anilines is 1. The van der Waals surface area contributed by atoms with E-state index in [2.05, 4.69) is 14.9 Å². The molecule has 0 amide bonds. The first-order valence-corrected chi connectivity index (χ1v) is 7.24. The van der Waals surface area contributed by atoms with E-state index in [1.54, 1.807) is 32.0 Å². The molecule has 2 heterocycles. The maximum absolute atomic E-state index is 12.3. The third kappa shape index (κ3) is 2.03. The minimum atomic E-state index is -3.75. The van der Waals surface area contributed by atoms with Crippen LogP contribution < -0.4 is 4.72 Å². The van der Waals surface area contributed by atoms with Crippen LogP contribution in [-0.2, 0) is 10.0 Å². The molecule has 0 radical (unpaired) electrons. The monoisotopic (exact) mass is 293 g/mol. The minimum absolute atomic E-state index is 0.0511. The van der Waals surface area contributed by atoms with Crippen LogP contribution >= 0.6 is 0 Å². The van der Waals surface area contributed by atoms with Gasteiger partial charge in [-0.3, -0.25) is 4.72 Å². The Labute approximate surface area is 114 Å². The normalized spacial score (nSPS) is 11.9. The van der Waals surface area contributed by atoms with Gasteiger partial charge in [-0.25, -0.2) is 13.4 Å². The predicted octanol–water partition coefficient (Wildman–Crippen LogP) is 2.23. The molecule has 7 nitrogen and oxygen atoms in total. The lowest BCUT2D eigenvalue weighted by Crippen LogP contribution is -2.14. The van der Waals surface area contributed by atoms with Crippen LogP contribution in [0.25, 0.3) is 11.1 Å². The lowest BCUT2D eigenvalue weighted by atomic mass is 10.3. The molecule has 0 bridgehead atoms. The van der Waals surface area contributed by atoms with Crippen LogP contribution in [-0.4, -0.2) is 18.6 Å². The highest BCUT2D eigenvalue weighted by molar-refractivity contribution is 7.92. The van der Waals surface area contributed by atoms with E-state index in [0.29, 0.717) is 22.5 Å². The lowest BCUT2D eigenvalue weighted by molar-refractivity contribution is 0.390. The van der Waals surface area contributed by atoms with Gasteiger partial charge in [-0.2, -0.15) is 0 Å². The van der Waals surface area contributed by atoms with Crippen molar-refractivity contribution < 1.29 is 17.4 Å². The molecule has 0 fully saturated rings. The highest BCUT2D eigenvalue weighted by atomic mass is 32.2. The van der Waals surface area contributed by atoms with Gasteiger partial charge in [0.25, 0.3) is 10.0 Å². The first kappa shape index (κ1) is 12.7. The van der Waals surface area contributed by atoms with E-state index >= 15 is 0 Å². The van der Waals surface area contributed by atoms with Crippen LogP contribution in [0.3, 0.4) is 0 Å². The molecule has 8 heteroatoms. The van der Waals surface area contributed by atoms with Crippen LogP contribution in [0.5, 0.6) is 0 Å². The van der Waals surface area contributed by atoms with Crippen LogP contribution in [0.1, 0.15) is 11.5 Å². The molecule has 0 aliphatic heterocycles. The van der Waals surface area contributed by atoms with Crippen molar-refractivity contribution in [2.75, 3.05) is 4.72 Å². The Kier molecular flexibility index (Phi) is 2.75. The second-order valence-electron chi connectivity index (χ2n) is 4.29. The molecule has 0 saturated heterocycles. The van der Waals surface area contributed by atoms with Gasteiger partial charge < -0.3 is 8.94 Å². The molecule has 3 rings (SSSR count). The van der Waals surface area contributed by atoms with E-state index in [4.69, 9.17) is 8.94 Å². The molecule has 0 aliphatic carbocycles. The SMILES string of the molecule is Cc1noc(C)c1S(=O)(=O)Nc1ccc2ncoc2c1. The van der Waals surface area contributed by atoms with E-state index < -0.39 is 10.0 Å². The molecule has 1 N–H and O–H groups in total. The minimum Gasteiger partial charge on any atom is -0.443 e. The van der Waals surface area contributed by atoms with Crippen molar-refractivity contribution >= 4 is 26.8 Å². The van der Waals surface area contributed by atoms with E-state index in [9.17, 15) is 8.42 Å². The number of nitrogens with zero attached hydrogens (tertiary/aromatic N) is 2. The molecule has 0 saturated carbocycles. The maximum Gasteiger partial charge on any atom is 0.267 e. The van der Waals surface area contributed by atoms with Gasteiger partial charge in [-0.15, -0.1) is 0 Å². The summed E-state index contributed by atoms with van der Waals surface area (Å²) in [5, 5.41) is 3.64. The smallest absolute Gasteiger partial charge is 0.267 e. The summed E-state index contributed by atoms with van der Waals surface area (Å²) in [4.78, 5) is 4.02. The quantitative estimate of drug-likeness (QED) is 0.795. The summed E-state index contributed by atoms with van der Waals surface area (Å²) in [5.74, 6) is 0.246. The van der Waals surface area contributed by atoms with Gasteiger partial charge in [0.1, 0.15) is 11.2 Å². The number of sulfonamides is 1. The first-order chi connectivity index (χ1) is 9.47. The Morgan fingerprint density at radius 2 is 2.05 bits per heavy atom. The zero-order chi connectivity index (χ0) is 14.3. The van der Waals surface area contributed by atoms with Gasteiger partial charge in [-0.05, 0) is 26.0 Å². The molecule has 3 aromatic rings. The Morgan fingerprint density at radius 3 is 2.75 bits per heavy atom. The van der Waals surface area contributed by atoms with Gasteiger partial charge in [0, 0.05) is 6.07 Å². The Hall–Kier alpha value is -2.35. The fraction of sp³-hybridized carbons (Fsp3) is 0.167. The molecular weight excluding hydrogens is 282 g/mol. The fourth-order valence-electron chi connectivity index (χ4n) is 1.98. The molecule has 0 aliphatic rings. The van der Waals surface area contributed by atoms with Crippen LogP contribution in [0.15, 0.2) is 38.4 Å². The number of nitrogens with one attached hydrogen (secondary N) is 1. The van der Waals surface area contributed by atoms with E-state index in [0.717, 1.165) is 0 Å². The van der Waals surface area contributed by atoms with Gasteiger partial charge in [0.05, 0.1) is 5.69 Å². The summed E-state index contributed by atoms with van der Waals surface area (Å²) in [6, 6.07) is 4.85. The van der Waals surface area contributed by atoms with Crippen LogP contribution in [0.4, 0.5) is 5.69 Å². The van der Waals surface area contributed by atoms with Crippen molar-refractivity contribution in [2.24, 2.45) is 0 Å². The number of hydrogen-bond donors (Lipinski definition) is 1. The summed E-state index contributed by atoms with van der Waals surface area (Å²) in [6.45, 7) is 3.12. The molecule has 0 unspecified atom stereocenters. The number of benzene rings is 1. The van der Waals surface area contributed by atoms with Crippen molar-refractivity contribution in [1.82, 2.24) is 10.1 Å². The van der Waals surface area contributed by atoms with Gasteiger partial charge in [0.2, 0.25) is 0 Å². The number of aryl methyl sites for hydroxylation is 2. The molecule has 104 valence electrons. The average Bonchev–Trinajstić information content (AvgIpc) is 2.95. The van der Waals surface area contributed by atoms with Crippen molar-refractivity contribution in [1.29, 1.82) is 0 Å². The molecule has 0 spiro atoms. The van der Waals surface area contributed by atoms with Crippen molar-refractivity contribution in [3.8, 4) is 0 Å². The second kappa shape index (κ2) is 4.34. The number of rotatable bonds is 3. The highest BCUT2D eigenvalue weighted by Gasteiger charge is 2.24. The summed E-state index contributed by atoms with van der Waals surface area (Å²) in [6.07, 6.45) is 1.30. The molecule has 20 heavy (non-hydrogen) atoms. The first-order valence-electron chi connectivity index (χ1n) is 5.76. The zero-order valence-corrected chi connectivity index (χ0v) is 11.6. The van der Waals surface area contributed by atoms with E-state index in [1.165, 1.54) is 6.39 Å². The molecular formula is C12H11N3O4S. The van der Waals surface area contributed by atoms with Crippen LogP contribution in [0, 0.1) is 13.8 Å². The standard InChI is InChI=1S/C12H11N3O4S/c1-7-12(8(2)19-14-7)20(16,17)15-9-3-4-10-11(5-9)18-6-13-10/h3-6,15H,1-2H3. The number of aromatic nitrogens is 2. The topological polar surface area (TPSA) is 98.2 Å². The Morgan fingerprint density at radius 1 is 1.25 bits per heavy atom. The summed E-state index contributed by atoms with van der Waals surface area (Å²) in [7, 11) is -3.75. The predicted molar refractivity (Wildman–Crippen MR) is 70.8 cm³/mol. The maximum atomic E-state index is 12.3. The second-order valence-corrected chi connectivity index (χ2v) is 5.91. The van der Waals surface area contributed by atoms with Crippen molar-refractivity contribution in [3.63, 3.8) is 0 Å². The summed E-state index contributed by atoms with van der Waals surface area (Å²) >= 11 is 0. The zero-order valence-electron chi connectivity index (χ0n) is 10.7. The van der Waals surface area contributed by atoms with Crippen molar-refractivity contribution in [3.05, 3.63) is 36.0 Å².